The Morgan fingerprint density at radius 1 is 1.07 bits per heavy atom. The van der Waals surface area contributed by atoms with E-state index in [4.69, 9.17) is 20.1 Å². The van der Waals surface area contributed by atoms with Crippen LogP contribution in [0.15, 0.2) is 53.7 Å². The fourth-order valence-electron chi connectivity index (χ4n) is 2.34. The van der Waals surface area contributed by atoms with Gasteiger partial charge < -0.3 is 25.4 Å². The van der Waals surface area contributed by atoms with Crippen LogP contribution in [0.3, 0.4) is 0 Å². The van der Waals surface area contributed by atoms with E-state index in [2.05, 4.69) is 15.5 Å². The van der Waals surface area contributed by atoms with Gasteiger partial charge in [0.05, 0.1) is 20.0 Å². The summed E-state index contributed by atoms with van der Waals surface area (Å²) in [7, 11) is 3.17. The van der Waals surface area contributed by atoms with Gasteiger partial charge in [0.1, 0.15) is 23.9 Å². The molecule has 0 saturated carbocycles. The van der Waals surface area contributed by atoms with Crippen LogP contribution in [0.1, 0.15) is 5.82 Å². The van der Waals surface area contributed by atoms with Crippen LogP contribution in [0.2, 0.25) is 0 Å². The number of benzene rings is 2. The maximum absolute atomic E-state index is 12.1. The highest BCUT2D eigenvalue weighted by Crippen LogP contribution is 2.21. The van der Waals surface area contributed by atoms with E-state index in [1.165, 1.54) is 16.4 Å². The third-order valence-electron chi connectivity index (χ3n) is 3.85. The summed E-state index contributed by atoms with van der Waals surface area (Å²) >= 11 is 1.18. The molecule has 10 heteroatoms. The lowest BCUT2D eigenvalue weighted by Gasteiger charge is -2.08. The molecule has 0 fully saturated rings. The minimum absolute atomic E-state index is 0.134. The number of hydrogen-bond acceptors (Lipinski definition) is 8. The lowest BCUT2D eigenvalue weighted by atomic mass is 10.3. The first-order valence-corrected chi connectivity index (χ1v) is 9.60. The van der Waals surface area contributed by atoms with Crippen molar-refractivity contribution >= 4 is 23.4 Å². The number of amides is 1. The van der Waals surface area contributed by atoms with E-state index in [1.807, 2.05) is 12.1 Å². The van der Waals surface area contributed by atoms with Crippen LogP contribution in [-0.2, 0) is 11.4 Å². The van der Waals surface area contributed by atoms with Crippen molar-refractivity contribution in [2.45, 2.75) is 11.8 Å². The number of hydrogen-bond donors (Lipinski definition) is 2. The number of anilines is 1. The summed E-state index contributed by atoms with van der Waals surface area (Å²) < 4.78 is 17.2. The van der Waals surface area contributed by atoms with Gasteiger partial charge in [-0.05, 0) is 36.4 Å². The molecule has 3 N–H and O–H groups in total. The predicted octanol–water partition coefficient (Wildman–Crippen LogP) is 2.32. The molecule has 1 heterocycles. The van der Waals surface area contributed by atoms with Crippen molar-refractivity contribution in [1.82, 2.24) is 14.9 Å². The Morgan fingerprint density at radius 2 is 1.79 bits per heavy atom. The second kappa shape index (κ2) is 9.69. The number of nitrogens with two attached hydrogens (primary N) is 1. The van der Waals surface area contributed by atoms with E-state index in [0.717, 1.165) is 5.75 Å². The van der Waals surface area contributed by atoms with Crippen molar-refractivity contribution in [3.8, 4) is 17.2 Å². The molecule has 152 valence electrons. The molecule has 0 unspecified atom stereocenters. The SMILES string of the molecule is COc1ccc(NC(=O)CSc2nnc(COc3cccc(OC)c3)n2N)cc1. The van der Waals surface area contributed by atoms with E-state index < -0.39 is 0 Å². The quantitative estimate of drug-likeness (QED) is 0.404. The molecule has 2 aromatic carbocycles. The molecule has 3 rings (SSSR count). The number of thioether (sulfide) groups is 1. The fraction of sp³-hybridized carbons (Fsp3) is 0.211. The molecule has 1 aromatic heterocycles. The first kappa shape index (κ1) is 20.3. The molecule has 9 nitrogen and oxygen atoms in total. The van der Waals surface area contributed by atoms with Gasteiger partial charge in [0.2, 0.25) is 11.1 Å². The zero-order valence-electron chi connectivity index (χ0n) is 16.0. The number of aromatic nitrogens is 3. The number of rotatable bonds is 9. The molecule has 29 heavy (non-hydrogen) atoms. The highest BCUT2D eigenvalue weighted by atomic mass is 32.2. The standard InChI is InChI=1S/C19H21N5O4S/c1-26-14-8-6-13(7-9-14)21-18(25)12-29-19-23-22-17(24(19)20)11-28-16-5-3-4-15(10-16)27-2/h3-10H,11-12,20H2,1-2H3,(H,21,25). The lowest BCUT2D eigenvalue weighted by molar-refractivity contribution is -0.113. The van der Waals surface area contributed by atoms with Crippen LogP contribution < -0.4 is 25.4 Å². The normalized spacial score (nSPS) is 10.4. The average molecular weight is 415 g/mol. The minimum Gasteiger partial charge on any atom is -0.497 e. The Labute approximate surface area is 172 Å². The number of methoxy groups -OCH3 is 2. The summed E-state index contributed by atoms with van der Waals surface area (Å²) in [5.74, 6) is 8.44. The van der Waals surface area contributed by atoms with Crippen molar-refractivity contribution < 1.29 is 19.0 Å². The zero-order chi connectivity index (χ0) is 20.6. The molecule has 0 atom stereocenters. The lowest BCUT2D eigenvalue weighted by Crippen LogP contribution is -2.18. The number of carbonyl (C=O) groups excluding carboxylic acids is 1. The van der Waals surface area contributed by atoms with E-state index in [0.29, 0.717) is 28.2 Å². The van der Waals surface area contributed by atoms with Crippen molar-refractivity contribution in [3.05, 3.63) is 54.4 Å². The number of ether oxygens (including phenoxy) is 3. The minimum atomic E-state index is -0.183. The van der Waals surface area contributed by atoms with Crippen LogP contribution in [-0.4, -0.2) is 40.8 Å². The summed E-state index contributed by atoms with van der Waals surface area (Å²) in [6, 6.07) is 14.3. The predicted molar refractivity (Wildman–Crippen MR) is 110 cm³/mol. The second-order valence-corrected chi connectivity index (χ2v) is 6.74. The number of nitrogens with one attached hydrogen (secondary N) is 1. The molecule has 0 spiro atoms. The summed E-state index contributed by atoms with van der Waals surface area (Å²) in [5, 5.41) is 11.2. The average Bonchev–Trinajstić information content (AvgIpc) is 3.11. The zero-order valence-corrected chi connectivity index (χ0v) is 16.8. The summed E-state index contributed by atoms with van der Waals surface area (Å²) in [6.07, 6.45) is 0. The van der Waals surface area contributed by atoms with E-state index in [-0.39, 0.29) is 18.3 Å². The summed E-state index contributed by atoms with van der Waals surface area (Å²) in [5.41, 5.74) is 0.679. The van der Waals surface area contributed by atoms with Crippen molar-refractivity contribution in [2.75, 3.05) is 31.1 Å². The van der Waals surface area contributed by atoms with Crippen LogP contribution in [0.25, 0.3) is 0 Å². The maximum atomic E-state index is 12.1. The van der Waals surface area contributed by atoms with Gasteiger partial charge in [0, 0.05) is 11.8 Å². The Balaban J connectivity index is 1.51. The van der Waals surface area contributed by atoms with Crippen molar-refractivity contribution in [3.63, 3.8) is 0 Å². The fourth-order valence-corrected chi connectivity index (χ4v) is 3.02. The van der Waals surface area contributed by atoms with Gasteiger partial charge in [-0.25, -0.2) is 4.68 Å². The highest BCUT2D eigenvalue weighted by Gasteiger charge is 2.13. The number of nitrogens with zero attached hydrogens (tertiary/aromatic N) is 3. The van der Waals surface area contributed by atoms with Crippen LogP contribution in [0, 0.1) is 0 Å². The summed E-state index contributed by atoms with van der Waals surface area (Å²) in [4.78, 5) is 12.1. The molecule has 0 bridgehead atoms. The van der Waals surface area contributed by atoms with Crippen LogP contribution in [0.4, 0.5) is 5.69 Å². The smallest absolute Gasteiger partial charge is 0.234 e. The van der Waals surface area contributed by atoms with Gasteiger partial charge >= 0.3 is 0 Å². The Hall–Kier alpha value is -3.40. The molecule has 1 amide bonds. The van der Waals surface area contributed by atoms with E-state index >= 15 is 0 Å². The van der Waals surface area contributed by atoms with Crippen LogP contribution >= 0.6 is 11.8 Å². The first-order chi connectivity index (χ1) is 14.1. The van der Waals surface area contributed by atoms with Gasteiger partial charge in [0.15, 0.2) is 5.82 Å². The van der Waals surface area contributed by atoms with Gasteiger partial charge in [0.25, 0.3) is 0 Å². The molecule has 0 aliphatic carbocycles. The molecule has 0 aliphatic rings. The Kier molecular flexibility index (Phi) is 6.80. The number of carbonyl (C=O) groups is 1. The number of nitrogen functional groups attached to an aromatic ring is 1. The van der Waals surface area contributed by atoms with E-state index in [9.17, 15) is 4.79 Å². The molecular formula is C19H21N5O4S. The Bertz CT molecular complexity index is 961. The molecular weight excluding hydrogens is 394 g/mol. The van der Waals surface area contributed by atoms with Gasteiger partial charge in [-0.15, -0.1) is 10.2 Å². The third-order valence-corrected chi connectivity index (χ3v) is 4.79. The third kappa shape index (κ3) is 5.55. The van der Waals surface area contributed by atoms with Gasteiger partial charge in [-0.3, -0.25) is 4.79 Å². The maximum Gasteiger partial charge on any atom is 0.234 e. The van der Waals surface area contributed by atoms with Gasteiger partial charge in [-0.2, -0.15) is 0 Å². The monoisotopic (exact) mass is 415 g/mol. The van der Waals surface area contributed by atoms with E-state index in [1.54, 1.807) is 50.6 Å². The highest BCUT2D eigenvalue weighted by molar-refractivity contribution is 7.99. The molecule has 0 radical (unpaired) electrons. The summed E-state index contributed by atoms with van der Waals surface area (Å²) in [6.45, 7) is 0.134. The van der Waals surface area contributed by atoms with Crippen LogP contribution in [0.5, 0.6) is 17.2 Å². The molecule has 0 aliphatic heterocycles. The topological polar surface area (TPSA) is 114 Å². The van der Waals surface area contributed by atoms with Gasteiger partial charge in [-0.1, -0.05) is 17.8 Å². The molecule has 0 saturated heterocycles. The van der Waals surface area contributed by atoms with Crippen molar-refractivity contribution in [2.24, 2.45) is 0 Å². The second-order valence-electron chi connectivity index (χ2n) is 5.80. The molecule has 3 aromatic rings. The largest absolute Gasteiger partial charge is 0.497 e. The first-order valence-electron chi connectivity index (χ1n) is 8.62. The van der Waals surface area contributed by atoms with Crippen molar-refractivity contribution in [1.29, 1.82) is 0 Å². The Morgan fingerprint density at radius 3 is 2.52 bits per heavy atom.